The molecule has 0 unspecified atom stereocenters. The Hall–Kier alpha value is -2.05. The molecule has 0 saturated heterocycles. The molecule has 1 aliphatic rings. The molecular formula is C16H15FN4S. The summed E-state index contributed by atoms with van der Waals surface area (Å²) in [5.41, 5.74) is 4.45. The van der Waals surface area contributed by atoms with Gasteiger partial charge in [-0.1, -0.05) is 12.1 Å². The number of hydrogen-bond acceptors (Lipinski definition) is 4. The normalized spacial score (nSPS) is 14.1. The average Bonchev–Trinajstić information content (AvgIpc) is 3.12. The predicted octanol–water partition coefficient (Wildman–Crippen LogP) is 3.09. The van der Waals surface area contributed by atoms with Gasteiger partial charge < -0.3 is 5.32 Å². The minimum absolute atomic E-state index is 0.240. The zero-order chi connectivity index (χ0) is 15.1. The van der Waals surface area contributed by atoms with Gasteiger partial charge in [0.2, 0.25) is 5.13 Å². The lowest BCUT2D eigenvalue weighted by Crippen LogP contribution is -2.24. The molecule has 2 aromatic heterocycles. The van der Waals surface area contributed by atoms with Crippen molar-refractivity contribution in [1.29, 1.82) is 0 Å². The molecule has 4 rings (SSSR count). The van der Waals surface area contributed by atoms with Crippen molar-refractivity contribution in [3.05, 3.63) is 52.4 Å². The van der Waals surface area contributed by atoms with E-state index in [0.717, 1.165) is 35.0 Å². The van der Waals surface area contributed by atoms with Crippen molar-refractivity contribution in [2.45, 2.75) is 19.9 Å². The molecule has 6 heteroatoms. The van der Waals surface area contributed by atoms with E-state index in [0.29, 0.717) is 17.8 Å². The van der Waals surface area contributed by atoms with Gasteiger partial charge in [0.1, 0.15) is 11.5 Å². The van der Waals surface area contributed by atoms with Gasteiger partial charge in [0, 0.05) is 36.0 Å². The monoisotopic (exact) mass is 314 g/mol. The fourth-order valence-corrected chi connectivity index (χ4v) is 3.59. The molecule has 4 nitrogen and oxygen atoms in total. The first-order valence-electron chi connectivity index (χ1n) is 7.23. The average molecular weight is 314 g/mol. The van der Waals surface area contributed by atoms with Crippen LogP contribution in [0.15, 0.2) is 29.6 Å². The molecule has 22 heavy (non-hydrogen) atoms. The summed E-state index contributed by atoms with van der Waals surface area (Å²) < 4.78 is 16.1. The minimum atomic E-state index is -0.240. The van der Waals surface area contributed by atoms with Gasteiger partial charge in [-0.25, -0.2) is 14.1 Å². The molecule has 3 heterocycles. The van der Waals surface area contributed by atoms with Crippen LogP contribution in [-0.4, -0.2) is 21.3 Å². The van der Waals surface area contributed by atoms with Gasteiger partial charge in [0.25, 0.3) is 0 Å². The highest BCUT2D eigenvalue weighted by Gasteiger charge is 2.24. The quantitative estimate of drug-likeness (QED) is 0.790. The van der Waals surface area contributed by atoms with Crippen LogP contribution >= 0.6 is 11.3 Å². The molecular weight excluding hydrogens is 299 g/mol. The zero-order valence-corrected chi connectivity index (χ0v) is 13.0. The SMILES string of the molecule is Cc1csc(-n2nc(-c3ccccc3F)c3c2CCNC3)n1. The summed E-state index contributed by atoms with van der Waals surface area (Å²) in [6, 6.07) is 6.80. The first-order chi connectivity index (χ1) is 10.7. The van der Waals surface area contributed by atoms with Crippen LogP contribution in [0.4, 0.5) is 4.39 Å². The second-order valence-electron chi connectivity index (χ2n) is 5.36. The van der Waals surface area contributed by atoms with E-state index in [1.807, 2.05) is 23.1 Å². The van der Waals surface area contributed by atoms with Crippen LogP contribution in [0, 0.1) is 12.7 Å². The Balaban J connectivity index is 1.93. The summed E-state index contributed by atoms with van der Waals surface area (Å²) in [7, 11) is 0. The highest BCUT2D eigenvalue weighted by atomic mass is 32.1. The highest BCUT2D eigenvalue weighted by molar-refractivity contribution is 7.12. The fraction of sp³-hybridized carbons (Fsp3) is 0.250. The Morgan fingerprint density at radius 2 is 2.18 bits per heavy atom. The summed E-state index contributed by atoms with van der Waals surface area (Å²) in [5, 5.41) is 10.9. The molecule has 1 aliphatic heterocycles. The largest absolute Gasteiger partial charge is 0.312 e. The Bertz CT molecular complexity index is 837. The van der Waals surface area contributed by atoms with Crippen LogP contribution in [0.25, 0.3) is 16.4 Å². The maximum atomic E-state index is 14.2. The van der Waals surface area contributed by atoms with E-state index in [1.54, 1.807) is 23.5 Å². The lowest BCUT2D eigenvalue weighted by atomic mass is 10.0. The number of rotatable bonds is 2. The van der Waals surface area contributed by atoms with Crippen molar-refractivity contribution in [2.24, 2.45) is 0 Å². The molecule has 0 bridgehead atoms. The Morgan fingerprint density at radius 1 is 1.32 bits per heavy atom. The number of benzene rings is 1. The van der Waals surface area contributed by atoms with Crippen molar-refractivity contribution < 1.29 is 4.39 Å². The van der Waals surface area contributed by atoms with Crippen LogP contribution in [0.2, 0.25) is 0 Å². The van der Waals surface area contributed by atoms with E-state index in [2.05, 4.69) is 10.3 Å². The van der Waals surface area contributed by atoms with Gasteiger partial charge in [-0.15, -0.1) is 11.3 Å². The predicted molar refractivity (Wildman–Crippen MR) is 84.8 cm³/mol. The highest BCUT2D eigenvalue weighted by Crippen LogP contribution is 2.31. The Kier molecular flexibility index (Phi) is 3.28. The summed E-state index contributed by atoms with van der Waals surface area (Å²) in [4.78, 5) is 4.52. The van der Waals surface area contributed by atoms with Crippen molar-refractivity contribution in [2.75, 3.05) is 6.54 Å². The lowest BCUT2D eigenvalue weighted by Gasteiger charge is -2.14. The molecule has 0 aliphatic carbocycles. The van der Waals surface area contributed by atoms with Gasteiger partial charge in [-0.05, 0) is 19.1 Å². The van der Waals surface area contributed by atoms with E-state index in [9.17, 15) is 4.39 Å². The standard InChI is InChI=1S/C16H15FN4S/c1-10-9-22-16(19-10)21-14-6-7-18-8-12(14)15(20-21)11-4-2-3-5-13(11)17/h2-5,9,18H,6-8H2,1H3. The number of nitrogens with zero attached hydrogens (tertiary/aromatic N) is 3. The van der Waals surface area contributed by atoms with E-state index in [-0.39, 0.29) is 5.82 Å². The van der Waals surface area contributed by atoms with Gasteiger partial charge >= 0.3 is 0 Å². The summed E-state index contributed by atoms with van der Waals surface area (Å²) in [6.07, 6.45) is 0.870. The first-order valence-corrected chi connectivity index (χ1v) is 8.11. The molecule has 1 aromatic carbocycles. The molecule has 112 valence electrons. The molecule has 0 saturated carbocycles. The van der Waals surface area contributed by atoms with Crippen molar-refractivity contribution >= 4 is 11.3 Å². The first kappa shape index (κ1) is 13.6. The topological polar surface area (TPSA) is 42.7 Å². The van der Waals surface area contributed by atoms with Crippen molar-refractivity contribution in [3.63, 3.8) is 0 Å². The van der Waals surface area contributed by atoms with Gasteiger partial charge in [-0.3, -0.25) is 0 Å². The Labute approximate surface area is 131 Å². The van der Waals surface area contributed by atoms with Crippen LogP contribution in [-0.2, 0) is 13.0 Å². The third-order valence-electron chi connectivity index (χ3n) is 3.85. The fourth-order valence-electron chi connectivity index (χ4n) is 2.81. The number of aryl methyl sites for hydroxylation is 1. The van der Waals surface area contributed by atoms with Crippen molar-refractivity contribution in [1.82, 2.24) is 20.1 Å². The third-order valence-corrected chi connectivity index (χ3v) is 4.78. The second-order valence-corrected chi connectivity index (χ2v) is 6.20. The summed E-state index contributed by atoms with van der Waals surface area (Å²) in [5.74, 6) is -0.240. The molecule has 0 atom stereocenters. The van der Waals surface area contributed by atoms with E-state index >= 15 is 0 Å². The van der Waals surface area contributed by atoms with Gasteiger partial charge in [0.05, 0.1) is 11.4 Å². The second kappa shape index (κ2) is 5.30. The molecule has 0 amide bonds. The number of hydrogen-bond donors (Lipinski definition) is 1. The van der Waals surface area contributed by atoms with Gasteiger partial charge in [-0.2, -0.15) is 5.10 Å². The number of nitrogens with one attached hydrogen (secondary N) is 1. The smallest absolute Gasteiger partial charge is 0.210 e. The maximum absolute atomic E-state index is 14.2. The van der Waals surface area contributed by atoms with Crippen LogP contribution < -0.4 is 5.32 Å². The van der Waals surface area contributed by atoms with E-state index in [4.69, 9.17) is 5.10 Å². The van der Waals surface area contributed by atoms with Crippen LogP contribution in [0.3, 0.4) is 0 Å². The number of thiazole rings is 1. The maximum Gasteiger partial charge on any atom is 0.210 e. The van der Waals surface area contributed by atoms with E-state index in [1.165, 1.54) is 6.07 Å². The Morgan fingerprint density at radius 3 is 2.95 bits per heavy atom. The van der Waals surface area contributed by atoms with Gasteiger partial charge in [0.15, 0.2) is 0 Å². The lowest BCUT2D eigenvalue weighted by molar-refractivity contribution is 0.621. The van der Waals surface area contributed by atoms with Crippen LogP contribution in [0.1, 0.15) is 17.0 Å². The van der Waals surface area contributed by atoms with E-state index < -0.39 is 0 Å². The summed E-state index contributed by atoms with van der Waals surface area (Å²) in [6.45, 7) is 3.58. The molecule has 1 N–H and O–H groups in total. The number of fused-ring (bicyclic) bond motifs is 1. The number of halogens is 1. The zero-order valence-electron chi connectivity index (χ0n) is 12.1. The third kappa shape index (κ3) is 2.15. The van der Waals surface area contributed by atoms with Crippen molar-refractivity contribution in [3.8, 4) is 16.4 Å². The minimum Gasteiger partial charge on any atom is -0.312 e. The van der Waals surface area contributed by atoms with Crippen LogP contribution in [0.5, 0.6) is 0 Å². The number of aromatic nitrogens is 3. The molecule has 0 fully saturated rings. The molecule has 0 spiro atoms. The molecule has 0 radical (unpaired) electrons. The molecule has 3 aromatic rings. The summed E-state index contributed by atoms with van der Waals surface area (Å²) >= 11 is 1.56.